The molecule has 4 rings (SSSR count). The van der Waals surface area contributed by atoms with Crippen molar-refractivity contribution in [1.82, 2.24) is 30.4 Å². The van der Waals surface area contributed by atoms with Gasteiger partial charge in [0.1, 0.15) is 17.7 Å². The molecule has 0 aliphatic heterocycles. The number of benzene rings is 1. The first-order chi connectivity index (χ1) is 9.92. The van der Waals surface area contributed by atoms with Gasteiger partial charge in [0.15, 0.2) is 5.82 Å². The van der Waals surface area contributed by atoms with Crippen LogP contribution in [0.15, 0.2) is 48.9 Å². The molecule has 1 aromatic carbocycles. The lowest BCUT2D eigenvalue weighted by Crippen LogP contribution is -1.86. The van der Waals surface area contributed by atoms with E-state index in [0.29, 0.717) is 5.82 Å². The number of nitrogens with one attached hydrogen (secondary N) is 2. The number of H-pyrrole nitrogens is 2. The summed E-state index contributed by atoms with van der Waals surface area (Å²) in [7, 11) is 0. The van der Waals surface area contributed by atoms with Crippen LogP contribution in [0.4, 0.5) is 0 Å². The number of fused-ring (bicyclic) bond motifs is 1. The summed E-state index contributed by atoms with van der Waals surface area (Å²) in [5.41, 5.74) is 3.61. The van der Waals surface area contributed by atoms with Crippen LogP contribution < -0.4 is 0 Å². The van der Waals surface area contributed by atoms with Crippen molar-refractivity contribution in [1.29, 1.82) is 0 Å². The average Bonchev–Trinajstić information content (AvgIpc) is 3.17. The fourth-order valence-electron chi connectivity index (χ4n) is 2.19. The van der Waals surface area contributed by atoms with Gasteiger partial charge in [-0.2, -0.15) is 10.2 Å². The van der Waals surface area contributed by atoms with Crippen molar-refractivity contribution in [3.63, 3.8) is 0 Å². The highest BCUT2D eigenvalue weighted by molar-refractivity contribution is 5.94. The number of rotatable bonds is 2. The predicted octanol–water partition coefficient (Wildman–Crippen LogP) is 2.41. The third kappa shape index (κ3) is 1.66. The largest absolute Gasteiger partial charge is 0.276 e. The summed E-state index contributed by atoms with van der Waals surface area (Å²) < 4.78 is 0. The molecule has 3 heterocycles. The van der Waals surface area contributed by atoms with Gasteiger partial charge in [0.25, 0.3) is 0 Å². The molecule has 20 heavy (non-hydrogen) atoms. The normalized spacial score (nSPS) is 11.0. The van der Waals surface area contributed by atoms with E-state index in [0.717, 1.165) is 27.9 Å². The molecule has 6 nitrogen and oxygen atoms in total. The van der Waals surface area contributed by atoms with Gasteiger partial charge in [0.05, 0.1) is 11.7 Å². The Labute approximate surface area is 113 Å². The molecule has 96 valence electrons. The van der Waals surface area contributed by atoms with E-state index in [-0.39, 0.29) is 0 Å². The smallest absolute Gasteiger partial charge is 0.174 e. The van der Waals surface area contributed by atoms with Crippen molar-refractivity contribution in [2.24, 2.45) is 0 Å². The number of pyridine rings is 1. The van der Waals surface area contributed by atoms with Crippen molar-refractivity contribution in [3.8, 4) is 22.8 Å². The van der Waals surface area contributed by atoms with E-state index in [4.69, 9.17) is 0 Å². The van der Waals surface area contributed by atoms with Gasteiger partial charge in [0.2, 0.25) is 0 Å². The van der Waals surface area contributed by atoms with E-state index in [1.165, 1.54) is 6.33 Å². The van der Waals surface area contributed by atoms with Crippen molar-refractivity contribution >= 4 is 10.9 Å². The van der Waals surface area contributed by atoms with Crippen LogP contribution in [0.2, 0.25) is 0 Å². The second kappa shape index (κ2) is 4.27. The highest BCUT2D eigenvalue weighted by Gasteiger charge is 2.11. The molecule has 0 unspecified atom stereocenters. The van der Waals surface area contributed by atoms with E-state index >= 15 is 0 Å². The first-order valence-corrected chi connectivity index (χ1v) is 6.17. The van der Waals surface area contributed by atoms with Crippen LogP contribution in [0, 0.1) is 0 Å². The minimum Gasteiger partial charge on any atom is -0.276 e. The summed E-state index contributed by atoms with van der Waals surface area (Å²) in [6.45, 7) is 0. The van der Waals surface area contributed by atoms with E-state index in [9.17, 15) is 0 Å². The van der Waals surface area contributed by atoms with E-state index in [1.807, 2.05) is 36.4 Å². The topological polar surface area (TPSA) is 83.1 Å². The lowest BCUT2D eigenvalue weighted by atomic mass is 10.1. The number of nitrogens with zero attached hydrogens (tertiary/aromatic N) is 4. The Balaban J connectivity index is 1.93. The summed E-state index contributed by atoms with van der Waals surface area (Å²) in [6, 6.07) is 12.0. The van der Waals surface area contributed by atoms with E-state index in [2.05, 4.69) is 30.4 Å². The summed E-state index contributed by atoms with van der Waals surface area (Å²) in [5.74, 6) is 0.645. The molecule has 2 N–H and O–H groups in total. The molecule has 0 aliphatic carbocycles. The molecule has 4 aromatic rings. The van der Waals surface area contributed by atoms with Crippen LogP contribution in [0.25, 0.3) is 33.7 Å². The highest BCUT2D eigenvalue weighted by Crippen LogP contribution is 2.27. The predicted molar refractivity (Wildman–Crippen MR) is 74.7 cm³/mol. The Morgan fingerprint density at radius 2 is 1.85 bits per heavy atom. The van der Waals surface area contributed by atoms with Gasteiger partial charge in [-0.3, -0.25) is 15.2 Å². The van der Waals surface area contributed by atoms with Crippen LogP contribution >= 0.6 is 0 Å². The molecule has 0 bridgehead atoms. The minimum absolute atomic E-state index is 0.645. The maximum atomic E-state index is 4.38. The van der Waals surface area contributed by atoms with Crippen molar-refractivity contribution in [2.75, 3.05) is 0 Å². The second-order valence-electron chi connectivity index (χ2n) is 4.39. The van der Waals surface area contributed by atoms with Crippen LogP contribution in [0.3, 0.4) is 0 Å². The van der Waals surface area contributed by atoms with E-state index in [1.54, 1.807) is 6.20 Å². The van der Waals surface area contributed by atoms with Gasteiger partial charge in [-0.25, -0.2) is 4.98 Å². The molecule has 0 atom stereocenters. The van der Waals surface area contributed by atoms with Crippen molar-refractivity contribution < 1.29 is 0 Å². The maximum Gasteiger partial charge on any atom is 0.174 e. The summed E-state index contributed by atoms with van der Waals surface area (Å²) >= 11 is 0. The first-order valence-electron chi connectivity index (χ1n) is 6.17. The van der Waals surface area contributed by atoms with Crippen LogP contribution in [0.5, 0.6) is 0 Å². The third-order valence-electron chi connectivity index (χ3n) is 3.15. The monoisotopic (exact) mass is 262 g/mol. The minimum atomic E-state index is 0.645. The molecular formula is C14H10N6. The quantitative estimate of drug-likeness (QED) is 0.581. The Bertz CT molecular complexity index is 848. The lowest BCUT2D eigenvalue weighted by Gasteiger charge is -1.99. The van der Waals surface area contributed by atoms with Crippen LogP contribution in [-0.2, 0) is 0 Å². The first kappa shape index (κ1) is 10.9. The van der Waals surface area contributed by atoms with Gasteiger partial charge >= 0.3 is 0 Å². The van der Waals surface area contributed by atoms with Gasteiger partial charge in [-0.15, -0.1) is 0 Å². The molecule has 0 radical (unpaired) electrons. The Morgan fingerprint density at radius 3 is 2.65 bits per heavy atom. The molecule has 6 heteroatoms. The highest BCUT2D eigenvalue weighted by atomic mass is 15.2. The fourth-order valence-corrected chi connectivity index (χ4v) is 2.19. The van der Waals surface area contributed by atoms with Gasteiger partial charge in [-0.05, 0) is 6.07 Å². The summed E-state index contributed by atoms with van der Waals surface area (Å²) in [4.78, 5) is 8.47. The molecule has 0 saturated carbocycles. The number of hydrogen-bond donors (Lipinski definition) is 2. The zero-order chi connectivity index (χ0) is 13.4. The molecule has 0 fully saturated rings. The third-order valence-corrected chi connectivity index (χ3v) is 3.15. The molecule has 0 amide bonds. The van der Waals surface area contributed by atoms with Gasteiger partial charge in [0, 0.05) is 10.9 Å². The zero-order valence-corrected chi connectivity index (χ0v) is 10.4. The zero-order valence-electron chi connectivity index (χ0n) is 10.4. The molecule has 0 saturated heterocycles. The van der Waals surface area contributed by atoms with Gasteiger partial charge < -0.3 is 0 Å². The molecule has 0 aliphatic rings. The van der Waals surface area contributed by atoms with Crippen LogP contribution in [0.1, 0.15) is 0 Å². The number of aromatic nitrogens is 6. The molecule has 3 aromatic heterocycles. The van der Waals surface area contributed by atoms with E-state index < -0.39 is 0 Å². The Morgan fingerprint density at radius 1 is 0.950 bits per heavy atom. The average molecular weight is 262 g/mol. The standard InChI is InChI=1S/C14H10N6/c1-2-4-9(5-3-1)13-10-6-11(14-16-8-17-20-14)15-7-12(10)18-19-13/h1-8H,(H,18,19)(H,16,17,20). The van der Waals surface area contributed by atoms with Gasteiger partial charge in [-0.1, -0.05) is 30.3 Å². The molecular weight excluding hydrogens is 252 g/mol. The summed E-state index contributed by atoms with van der Waals surface area (Å²) in [5, 5.41) is 15.1. The lowest BCUT2D eigenvalue weighted by molar-refractivity contribution is 1.09. The Kier molecular flexibility index (Phi) is 2.32. The van der Waals surface area contributed by atoms with Crippen molar-refractivity contribution in [3.05, 3.63) is 48.9 Å². The maximum absolute atomic E-state index is 4.38. The molecule has 0 spiro atoms. The summed E-state index contributed by atoms with van der Waals surface area (Å²) in [6.07, 6.45) is 3.22. The number of hydrogen-bond acceptors (Lipinski definition) is 4. The Hall–Kier alpha value is -3.02. The fraction of sp³-hybridized carbons (Fsp3) is 0. The van der Waals surface area contributed by atoms with Crippen LogP contribution in [-0.4, -0.2) is 30.4 Å². The van der Waals surface area contributed by atoms with Crippen molar-refractivity contribution in [2.45, 2.75) is 0 Å². The SMILES string of the molecule is c1ccc(-c2n[nH]c3cnc(-c4ncn[nH]4)cc23)cc1. The number of aromatic amines is 2. The second-order valence-corrected chi connectivity index (χ2v) is 4.39.